The molecule has 2 aromatic carbocycles. The maximum absolute atomic E-state index is 13.3. The van der Waals surface area contributed by atoms with E-state index in [1.807, 2.05) is 0 Å². The Balaban J connectivity index is 1.26. The van der Waals surface area contributed by atoms with Crippen molar-refractivity contribution in [1.29, 1.82) is 0 Å². The van der Waals surface area contributed by atoms with E-state index in [0.29, 0.717) is 31.4 Å². The number of rotatable bonds is 7. The highest BCUT2D eigenvalue weighted by atomic mass is 19.1. The van der Waals surface area contributed by atoms with Crippen molar-refractivity contribution in [1.82, 2.24) is 9.80 Å². The summed E-state index contributed by atoms with van der Waals surface area (Å²) in [7, 11) is 1.72. The molecule has 32 heavy (non-hydrogen) atoms. The highest BCUT2D eigenvalue weighted by Crippen LogP contribution is 2.45. The van der Waals surface area contributed by atoms with Crippen LogP contribution in [0.25, 0.3) is 0 Å². The van der Waals surface area contributed by atoms with Crippen molar-refractivity contribution in [2.24, 2.45) is 0 Å². The minimum absolute atomic E-state index is 0.387. The zero-order chi connectivity index (χ0) is 21.9. The quantitative estimate of drug-likeness (QED) is 0.556. The number of hydrogen-bond donors (Lipinski definition) is 0. The molecule has 0 amide bonds. The first-order valence-electron chi connectivity index (χ1n) is 12.2. The predicted molar refractivity (Wildman–Crippen MR) is 126 cm³/mol. The average Bonchev–Trinajstić information content (AvgIpc) is 3.31. The van der Waals surface area contributed by atoms with Crippen LogP contribution in [0.1, 0.15) is 60.8 Å². The first kappa shape index (κ1) is 21.7. The van der Waals surface area contributed by atoms with Crippen LogP contribution in [0, 0.1) is 0 Å². The van der Waals surface area contributed by atoms with E-state index in [4.69, 9.17) is 9.47 Å². The summed E-state index contributed by atoms with van der Waals surface area (Å²) in [6.45, 7) is 5.73. The smallest absolute Gasteiger partial charge is 0.119 e. The Kier molecular flexibility index (Phi) is 6.65. The van der Waals surface area contributed by atoms with Crippen LogP contribution in [0.5, 0.6) is 11.5 Å². The molecule has 0 radical (unpaired) electrons. The van der Waals surface area contributed by atoms with Gasteiger partial charge in [-0.15, -0.1) is 0 Å². The van der Waals surface area contributed by atoms with Crippen LogP contribution < -0.4 is 9.47 Å². The Labute approximate surface area is 191 Å². The van der Waals surface area contributed by atoms with Gasteiger partial charge in [0.15, 0.2) is 0 Å². The van der Waals surface area contributed by atoms with Crippen LogP contribution in [0.2, 0.25) is 0 Å². The first-order chi connectivity index (χ1) is 15.7. The molecule has 0 unspecified atom stereocenters. The molecule has 0 saturated carbocycles. The van der Waals surface area contributed by atoms with Crippen molar-refractivity contribution in [2.75, 3.05) is 46.4 Å². The zero-order valence-electron chi connectivity index (χ0n) is 19.1. The molecular formula is C27H35FN2O2. The van der Waals surface area contributed by atoms with Gasteiger partial charge in [-0.3, -0.25) is 4.90 Å². The highest BCUT2D eigenvalue weighted by molar-refractivity contribution is 5.47. The van der Waals surface area contributed by atoms with Crippen LogP contribution in [-0.2, 0) is 0 Å². The fraction of sp³-hybridized carbons (Fsp3) is 0.556. The Morgan fingerprint density at radius 2 is 1.72 bits per heavy atom. The Morgan fingerprint density at radius 3 is 2.50 bits per heavy atom. The van der Waals surface area contributed by atoms with Gasteiger partial charge in [0.05, 0.1) is 13.7 Å². The van der Waals surface area contributed by atoms with Crippen LogP contribution in [0.15, 0.2) is 42.5 Å². The largest absolute Gasteiger partial charge is 0.497 e. The third-order valence-corrected chi connectivity index (χ3v) is 7.50. The molecule has 2 fully saturated rings. The third-order valence-electron chi connectivity index (χ3n) is 7.50. The van der Waals surface area contributed by atoms with Crippen LogP contribution in [0.4, 0.5) is 4.39 Å². The van der Waals surface area contributed by atoms with Gasteiger partial charge in [-0.25, -0.2) is 4.39 Å². The van der Waals surface area contributed by atoms with E-state index < -0.39 is 6.17 Å². The molecular weight excluding hydrogens is 403 g/mol. The second-order valence-electron chi connectivity index (χ2n) is 9.49. The highest BCUT2D eigenvalue weighted by Gasteiger charge is 2.36. The summed E-state index contributed by atoms with van der Waals surface area (Å²) < 4.78 is 24.8. The third kappa shape index (κ3) is 4.65. The van der Waals surface area contributed by atoms with E-state index in [1.165, 1.54) is 36.1 Å². The Bertz CT molecular complexity index is 895. The molecule has 2 atom stereocenters. The van der Waals surface area contributed by atoms with E-state index in [1.54, 1.807) is 7.11 Å². The maximum Gasteiger partial charge on any atom is 0.119 e. The molecule has 0 N–H and O–H groups in total. The topological polar surface area (TPSA) is 24.9 Å². The molecule has 5 rings (SSSR count). The molecule has 4 nitrogen and oxygen atoms in total. The first-order valence-corrected chi connectivity index (χ1v) is 12.2. The molecule has 0 spiro atoms. The fourth-order valence-corrected chi connectivity index (χ4v) is 5.70. The maximum atomic E-state index is 13.3. The summed E-state index contributed by atoms with van der Waals surface area (Å²) in [6, 6.07) is 15.8. The number of fused-ring (bicyclic) bond motifs is 3. The monoisotopic (exact) mass is 438 g/mol. The number of hydrogen-bond acceptors (Lipinski definition) is 4. The molecule has 3 heterocycles. The van der Waals surface area contributed by atoms with E-state index in [0.717, 1.165) is 44.1 Å². The van der Waals surface area contributed by atoms with Gasteiger partial charge in [-0.2, -0.15) is 0 Å². The molecule has 0 aliphatic carbocycles. The number of piperidine rings is 1. The molecule has 3 aliphatic rings. The van der Waals surface area contributed by atoms with Gasteiger partial charge in [0.1, 0.15) is 17.7 Å². The SMILES string of the molecule is COc1ccc([C@@H]2CN3CCC[C@@H]3c3cc(OCCCN4CCC(F)CC4)ccc32)cc1. The molecule has 2 aromatic rings. The summed E-state index contributed by atoms with van der Waals surface area (Å²) in [5, 5.41) is 0. The van der Waals surface area contributed by atoms with Gasteiger partial charge >= 0.3 is 0 Å². The molecule has 172 valence electrons. The van der Waals surface area contributed by atoms with Gasteiger partial charge in [0.25, 0.3) is 0 Å². The van der Waals surface area contributed by atoms with Crippen LogP contribution in [-0.4, -0.2) is 62.4 Å². The standard InChI is InChI=1S/C27H35FN2O2/c1-31-22-7-5-20(6-8-22)26-19-30-14-2-4-27(30)25-18-23(9-10-24(25)26)32-17-3-13-29-15-11-21(28)12-16-29/h5-10,18,21,26-27H,2-4,11-17,19H2,1H3/t26-,27+/m0/s1. The molecule has 2 saturated heterocycles. The van der Waals surface area contributed by atoms with Gasteiger partial charge in [0, 0.05) is 38.1 Å². The predicted octanol–water partition coefficient (Wildman–Crippen LogP) is 5.18. The van der Waals surface area contributed by atoms with Gasteiger partial charge in [-0.1, -0.05) is 18.2 Å². The summed E-state index contributed by atoms with van der Waals surface area (Å²) >= 11 is 0. The number of alkyl halides is 1. The van der Waals surface area contributed by atoms with E-state index in [9.17, 15) is 4.39 Å². The Hall–Kier alpha value is -2.11. The van der Waals surface area contributed by atoms with Crippen LogP contribution >= 0.6 is 0 Å². The lowest BCUT2D eigenvalue weighted by Crippen LogP contribution is -2.35. The number of methoxy groups -OCH3 is 1. The van der Waals surface area contributed by atoms with Gasteiger partial charge in [0.2, 0.25) is 0 Å². The van der Waals surface area contributed by atoms with Crippen molar-refractivity contribution in [3.05, 3.63) is 59.2 Å². The van der Waals surface area contributed by atoms with Crippen molar-refractivity contribution >= 4 is 0 Å². The Morgan fingerprint density at radius 1 is 0.938 bits per heavy atom. The lowest BCUT2D eigenvalue weighted by molar-refractivity contribution is 0.143. The number of ether oxygens (including phenoxy) is 2. The number of nitrogens with zero attached hydrogens (tertiary/aromatic N) is 2. The van der Waals surface area contributed by atoms with E-state index in [2.05, 4.69) is 52.3 Å². The molecule has 0 bridgehead atoms. The zero-order valence-corrected chi connectivity index (χ0v) is 19.1. The van der Waals surface area contributed by atoms with Crippen LogP contribution in [0.3, 0.4) is 0 Å². The normalized spacial score (nSPS) is 24.2. The minimum atomic E-state index is -0.602. The van der Waals surface area contributed by atoms with Crippen molar-refractivity contribution in [2.45, 2.75) is 50.2 Å². The molecule has 3 aliphatic heterocycles. The lowest BCUT2D eigenvalue weighted by atomic mass is 9.81. The van der Waals surface area contributed by atoms with Crippen molar-refractivity contribution < 1.29 is 13.9 Å². The minimum Gasteiger partial charge on any atom is -0.497 e. The van der Waals surface area contributed by atoms with E-state index in [-0.39, 0.29) is 0 Å². The number of likely N-dealkylation sites (tertiary alicyclic amines) is 1. The summed E-state index contributed by atoms with van der Waals surface area (Å²) in [5.74, 6) is 2.27. The van der Waals surface area contributed by atoms with Crippen molar-refractivity contribution in [3.8, 4) is 11.5 Å². The number of halogens is 1. The summed E-state index contributed by atoms with van der Waals surface area (Å²) in [5.41, 5.74) is 4.24. The molecule has 5 heteroatoms. The molecule has 0 aromatic heterocycles. The second-order valence-corrected chi connectivity index (χ2v) is 9.49. The van der Waals surface area contributed by atoms with Gasteiger partial charge < -0.3 is 14.4 Å². The van der Waals surface area contributed by atoms with E-state index >= 15 is 0 Å². The fourth-order valence-electron chi connectivity index (χ4n) is 5.70. The van der Waals surface area contributed by atoms with Crippen molar-refractivity contribution in [3.63, 3.8) is 0 Å². The average molecular weight is 439 g/mol. The van der Waals surface area contributed by atoms with Gasteiger partial charge in [-0.05, 0) is 79.6 Å². The summed E-state index contributed by atoms with van der Waals surface area (Å²) in [6.07, 6.45) is 4.24. The number of benzene rings is 2. The lowest BCUT2D eigenvalue weighted by Gasteiger charge is -2.37. The summed E-state index contributed by atoms with van der Waals surface area (Å²) in [4.78, 5) is 5.01. The second kappa shape index (κ2) is 9.80.